The number of likely N-dealkylation sites (N-methyl/N-ethyl adjacent to an activating group) is 1. The number of rotatable bonds is 7. The van der Waals surface area contributed by atoms with E-state index in [1.165, 1.54) is 0 Å². The SMILES string of the molecule is COCC(O)CN(C)CC(=O)Nc1ccccc1C(C)(C)C. The molecule has 1 unspecified atom stereocenters. The van der Waals surface area contributed by atoms with Gasteiger partial charge in [0, 0.05) is 19.3 Å². The Morgan fingerprint density at radius 2 is 2.00 bits per heavy atom. The molecule has 1 aromatic carbocycles. The summed E-state index contributed by atoms with van der Waals surface area (Å²) in [6.45, 7) is 7.22. The number of hydrogen-bond donors (Lipinski definition) is 2. The number of amides is 1. The van der Waals surface area contributed by atoms with Gasteiger partial charge in [-0.3, -0.25) is 9.69 Å². The van der Waals surface area contributed by atoms with E-state index in [4.69, 9.17) is 4.74 Å². The Labute approximate surface area is 133 Å². The fourth-order valence-electron chi connectivity index (χ4n) is 2.35. The minimum absolute atomic E-state index is 0.0373. The molecule has 0 heterocycles. The zero-order valence-electron chi connectivity index (χ0n) is 14.2. The van der Waals surface area contributed by atoms with Crippen LogP contribution in [0.2, 0.25) is 0 Å². The molecule has 0 radical (unpaired) electrons. The molecule has 0 saturated carbocycles. The minimum atomic E-state index is -0.593. The molecule has 5 nitrogen and oxygen atoms in total. The second-order valence-corrected chi connectivity index (χ2v) is 6.65. The lowest BCUT2D eigenvalue weighted by atomic mass is 9.86. The van der Waals surface area contributed by atoms with Crippen molar-refractivity contribution in [2.24, 2.45) is 0 Å². The molecule has 0 spiro atoms. The van der Waals surface area contributed by atoms with Crippen LogP contribution < -0.4 is 5.32 Å². The Morgan fingerprint density at radius 1 is 1.36 bits per heavy atom. The predicted octanol–water partition coefficient (Wildman–Crippen LogP) is 1.86. The van der Waals surface area contributed by atoms with Crippen molar-refractivity contribution in [1.29, 1.82) is 0 Å². The summed E-state index contributed by atoms with van der Waals surface area (Å²) in [6.07, 6.45) is -0.593. The van der Waals surface area contributed by atoms with Crippen molar-refractivity contribution >= 4 is 11.6 Å². The smallest absolute Gasteiger partial charge is 0.238 e. The van der Waals surface area contributed by atoms with Gasteiger partial charge in [-0.25, -0.2) is 0 Å². The lowest BCUT2D eigenvalue weighted by Crippen LogP contribution is -2.37. The Morgan fingerprint density at radius 3 is 2.59 bits per heavy atom. The lowest BCUT2D eigenvalue weighted by molar-refractivity contribution is -0.117. The summed E-state index contributed by atoms with van der Waals surface area (Å²) in [6, 6.07) is 7.83. The van der Waals surface area contributed by atoms with E-state index in [2.05, 4.69) is 26.1 Å². The Kier molecular flexibility index (Phi) is 7.00. The minimum Gasteiger partial charge on any atom is -0.389 e. The van der Waals surface area contributed by atoms with Gasteiger partial charge in [0.2, 0.25) is 5.91 Å². The maximum absolute atomic E-state index is 12.2. The number of nitrogens with zero attached hydrogens (tertiary/aromatic N) is 1. The highest BCUT2D eigenvalue weighted by molar-refractivity contribution is 5.93. The molecule has 124 valence electrons. The first-order valence-corrected chi connectivity index (χ1v) is 7.49. The number of ether oxygens (including phenoxy) is 1. The Balaban J connectivity index is 2.63. The van der Waals surface area contributed by atoms with E-state index in [1.54, 1.807) is 19.1 Å². The van der Waals surface area contributed by atoms with Crippen LogP contribution in [0.5, 0.6) is 0 Å². The third-order valence-electron chi connectivity index (χ3n) is 3.30. The van der Waals surface area contributed by atoms with Crippen molar-refractivity contribution in [1.82, 2.24) is 4.90 Å². The number of carbonyl (C=O) groups is 1. The van der Waals surface area contributed by atoms with Gasteiger partial charge in [0.05, 0.1) is 19.3 Å². The Bertz CT molecular complexity index is 483. The number of anilines is 1. The third kappa shape index (κ3) is 6.13. The number of aliphatic hydroxyl groups is 1. The molecular weight excluding hydrogens is 280 g/mol. The summed E-state index contributed by atoms with van der Waals surface area (Å²) < 4.78 is 4.88. The van der Waals surface area contributed by atoms with Crippen molar-refractivity contribution in [3.8, 4) is 0 Å². The summed E-state index contributed by atoms with van der Waals surface area (Å²) in [5, 5.41) is 12.6. The molecule has 0 saturated heterocycles. The largest absolute Gasteiger partial charge is 0.389 e. The highest BCUT2D eigenvalue weighted by Crippen LogP contribution is 2.29. The number of methoxy groups -OCH3 is 1. The average molecular weight is 308 g/mol. The van der Waals surface area contributed by atoms with Gasteiger partial charge < -0.3 is 15.2 Å². The highest BCUT2D eigenvalue weighted by atomic mass is 16.5. The van der Waals surface area contributed by atoms with E-state index in [1.807, 2.05) is 24.3 Å². The van der Waals surface area contributed by atoms with Crippen molar-refractivity contribution in [2.45, 2.75) is 32.3 Å². The van der Waals surface area contributed by atoms with Gasteiger partial charge in [-0.15, -0.1) is 0 Å². The molecule has 1 atom stereocenters. The zero-order chi connectivity index (χ0) is 16.8. The summed E-state index contributed by atoms with van der Waals surface area (Å²) in [5.74, 6) is -0.0937. The van der Waals surface area contributed by atoms with Crippen LogP contribution >= 0.6 is 0 Å². The van der Waals surface area contributed by atoms with Gasteiger partial charge in [0.25, 0.3) is 0 Å². The third-order valence-corrected chi connectivity index (χ3v) is 3.30. The number of benzene rings is 1. The standard InChI is InChI=1S/C17H28N2O3/c1-17(2,3)14-8-6-7-9-15(14)18-16(21)11-19(4)10-13(20)12-22-5/h6-9,13,20H,10-12H2,1-5H3,(H,18,21). The average Bonchev–Trinajstić information content (AvgIpc) is 2.37. The van der Waals surface area contributed by atoms with Crippen molar-refractivity contribution in [3.05, 3.63) is 29.8 Å². The first kappa shape index (κ1) is 18.6. The summed E-state index contributed by atoms with van der Waals surface area (Å²) in [4.78, 5) is 14.0. The van der Waals surface area contributed by atoms with Gasteiger partial charge >= 0.3 is 0 Å². The maximum atomic E-state index is 12.2. The molecule has 0 aliphatic carbocycles. The van der Waals surface area contributed by atoms with Gasteiger partial charge in [0.1, 0.15) is 0 Å². The van der Waals surface area contributed by atoms with Crippen LogP contribution in [-0.4, -0.2) is 55.9 Å². The molecule has 2 N–H and O–H groups in total. The van der Waals surface area contributed by atoms with Gasteiger partial charge in [-0.2, -0.15) is 0 Å². The molecule has 0 bridgehead atoms. The number of carbonyl (C=O) groups excluding carboxylic acids is 1. The summed E-state index contributed by atoms with van der Waals surface area (Å²) in [5.41, 5.74) is 1.90. The quantitative estimate of drug-likeness (QED) is 0.807. The predicted molar refractivity (Wildman–Crippen MR) is 89.2 cm³/mol. The van der Waals surface area contributed by atoms with Crippen molar-refractivity contribution in [3.63, 3.8) is 0 Å². The van der Waals surface area contributed by atoms with E-state index in [9.17, 15) is 9.90 Å². The van der Waals surface area contributed by atoms with Gasteiger partial charge in [-0.05, 0) is 24.1 Å². The monoisotopic (exact) mass is 308 g/mol. The second kappa shape index (κ2) is 8.27. The van der Waals surface area contributed by atoms with E-state index in [0.717, 1.165) is 11.3 Å². The van der Waals surface area contributed by atoms with Gasteiger partial charge in [-0.1, -0.05) is 39.0 Å². The number of hydrogen-bond acceptors (Lipinski definition) is 4. The lowest BCUT2D eigenvalue weighted by Gasteiger charge is -2.24. The second-order valence-electron chi connectivity index (χ2n) is 6.65. The molecule has 1 aromatic rings. The zero-order valence-corrected chi connectivity index (χ0v) is 14.2. The fourth-order valence-corrected chi connectivity index (χ4v) is 2.35. The first-order chi connectivity index (χ1) is 10.2. The van der Waals surface area contributed by atoms with Crippen LogP contribution in [0.4, 0.5) is 5.69 Å². The normalized spacial score (nSPS) is 13.2. The number of aliphatic hydroxyl groups excluding tert-OH is 1. The van der Waals surface area contributed by atoms with Crippen molar-refractivity contribution in [2.75, 3.05) is 39.2 Å². The van der Waals surface area contributed by atoms with Crippen LogP contribution in [0, 0.1) is 0 Å². The van der Waals surface area contributed by atoms with Crippen LogP contribution in [0.1, 0.15) is 26.3 Å². The number of para-hydroxylation sites is 1. The molecular formula is C17H28N2O3. The Hall–Kier alpha value is -1.43. The molecule has 1 rings (SSSR count). The topological polar surface area (TPSA) is 61.8 Å². The van der Waals surface area contributed by atoms with Crippen LogP contribution in [0.3, 0.4) is 0 Å². The molecule has 1 amide bonds. The van der Waals surface area contributed by atoms with Crippen LogP contribution in [0.25, 0.3) is 0 Å². The van der Waals surface area contributed by atoms with Crippen molar-refractivity contribution < 1.29 is 14.6 Å². The maximum Gasteiger partial charge on any atom is 0.238 e. The van der Waals surface area contributed by atoms with E-state index in [-0.39, 0.29) is 24.5 Å². The number of nitrogens with one attached hydrogen (secondary N) is 1. The molecule has 0 aliphatic heterocycles. The van der Waals surface area contributed by atoms with Crippen LogP contribution in [-0.2, 0) is 14.9 Å². The summed E-state index contributed by atoms with van der Waals surface area (Å²) >= 11 is 0. The molecule has 0 fully saturated rings. The molecule has 5 heteroatoms. The molecule has 0 aliphatic rings. The van der Waals surface area contributed by atoms with E-state index in [0.29, 0.717) is 6.54 Å². The molecule has 22 heavy (non-hydrogen) atoms. The first-order valence-electron chi connectivity index (χ1n) is 7.49. The van der Waals surface area contributed by atoms with E-state index < -0.39 is 6.10 Å². The highest BCUT2D eigenvalue weighted by Gasteiger charge is 2.19. The fraction of sp³-hybridized carbons (Fsp3) is 0.588. The molecule has 0 aromatic heterocycles. The summed E-state index contributed by atoms with van der Waals surface area (Å²) in [7, 11) is 3.34. The van der Waals surface area contributed by atoms with Gasteiger partial charge in [0.15, 0.2) is 0 Å². The van der Waals surface area contributed by atoms with Crippen LogP contribution in [0.15, 0.2) is 24.3 Å². The van der Waals surface area contributed by atoms with E-state index >= 15 is 0 Å².